The third-order valence-electron chi connectivity index (χ3n) is 3.97. The molecule has 0 bridgehead atoms. The molecule has 0 saturated heterocycles. The first kappa shape index (κ1) is 18.4. The molecule has 0 heterocycles. The van der Waals surface area contributed by atoms with Crippen LogP contribution in [0.15, 0.2) is 23.2 Å². The first-order valence-electron chi connectivity index (χ1n) is 8.24. The number of aliphatic hydroxyl groups is 1. The van der Waals surface area contributed by atoms with Gasteiger partial charge in [-0.05, 0) is 62.8 Å². The summed E-state index contributed by atoms with van der Waals surface area (Å²) in [5, 5.41) is 17.6. The maximum absolute atomic E-state index is 9.58. The van der Waals surface area contributed by atoms with Crippen LogP contribution in [0.5, 0.6) is 0 Å². The zero-order valence-corrected chi connectivity index (χ0v) is 15.0. The molecule has 2 rings (SSSR count). The van der Waals surface area contributed by atoms with E-state index >= 15 is 0 Å². The summed E-state index contributed by atoms with van der Waals surface area (Å²) in [4.78, 5) is 4.63. The molecule has 1 aromatic carbocycles. The molecule has 0 radical (unpaired) electrons. The predicted molar refractivity (Wildman–Crippen MR) is 97.5 cm³/mol. The molecule has 4 nitrogen and oxygen atoms in total. The van der Waals surface area contributed by atoms with Crippen molar-refractivity contribution in [1.29, 1.82) is 0 Å². The number of hydrogen-bond donors (Lipinski definition) is 3. The van der Waals surface area contributed by atoms with Crippen molar-refractivity contribution >= 4 is 29.2 Å². The number of aliphatic hydroxyl groups excluding tert-OH is 1. The van der Waals surface area contributed by atoms with Gasteiger partial charge in [-0.3, -0.25) is 4.99 Å². The highest BCUT2D eigenvalue weighted by Crippen LogP contribution is 2.20. The van der Waals surface area contributed by atoms with Gasteiger partial charge in [0.2, 0.25) is 0 Å². The van der Waals surface area contributed by atoms with Gasteiger partial charge in [-0.1, -0.05) is 23.2 Å². The van der Waals surface area contributed by atoms with E-state index in [0.29, 0.717) is 22.6 Å². The van der Waals surface area contributed by atoms with Crippen LogP contribution < -0.4 is 10.6 Å². The molecule has 0 aromatic heterocycles. The summed E-state index contributed by atoms with van der Waals surface area (Å²) in [7, 11) is 0. The van der Waals surface area contributed by atoms with Gasteiger partial charge in [-0.2, -0.15) is 0 Å². The zero-order chi connectivity index (χ0) is 16.7. The molecule has 6 heteroatoms. The first-order chi connectivity index (χ1) is 11.1. The van der Waals surface area contributed by atoms with Crippen molar-refractivity contribution in [2.75, 3.05) is 13.1 Å². The molecule has 23 heavy (non-hydrogen) atoms. The molecule has 0 amide bonds. The Morgan fingerprint density at radius 1 is 1.17 bits per heavy atom. The van der Waals surface area contributed by atoms with E-state index in [0.717, 1.165) is 50.2 Å². The molecule has 1 aliphatic carbocycles. The lowest BCUT2D eigenvalue weighted by Crippen LogP contribution is -2.45. The molecular weight excluding hydrogens is 333 g/mol. The van der Waals surface area contributed by atoms with Crippen LogP contribution in [-0.2, 0) is 6.42 Å². The number of rotatable bonds is 5. The Balaban J connectivity index is 1.87. The van der Waals surface area contributed by atoms with Crippen LogP contribution in [0, 0.1) is 0 Å². The molecule has 1 aliphatic rings. The second-order valence-electron chi connectivity index (χ2n) is 5.94. The maximum atomic E-state index is 9.58. The van der Waals surface area contributed by atoms with Crippen molar-refractivity contribution in [1.82, 2.24) is 10.6 Å². The van der Waals surface area contributed by atoms with Crippen LogP contribution in [0.1, 0.15) is 38.2 Å². The van der Waals surface area contributed by atoms with Gasteiger partial charge in [0, 0.05) is 29.2 Å². The fourth-order valence-corrected chi connectivity index (χ4v) is 3.36. The highest BCUT2D eigenvalue weighted by atomic mass is 35.5. The lowest BCUT2D eigenvalue weighted by molar-refractivity contribution is 0.120. The van der Waals surface area contributed by atoms with E-state index in [9.17, 15) is 5.11 Å². The lowest BCUT2D eigenvalue weighted by atomic mass is 9.93. The van der Waals surface area contributed by atoms with E-state index in [1.807, 2.05) is 12.1 Å². The first-order valence-corrected chi connectivity index (χ1v) is 9.00. The molecule has 3 N–H and O–H groups in total. The van der Waals surface area contributed by atoms with Gasteiger partial charge in [0.25, 0.3) is 0 Å². The van der Waals surface area contributed by atoms with Crippen LogP contribution >= 0.6 is 23.2 Å². The number of aliphatic imine (C=N–C) groups is 1. The van der Waals surface area contributed by atoms with E-state index in [1.54, 1.807) is 6.07 Å². The SMILES string of the molecule is CCNC(=NCCc1cc(Cl)cc(Cl)c1)NC1CCC(O)CC1. The third kappa shape index (κ3) is 6.58. The smallest absolute Gasteiger partial charge is 0.191 e. The van der Waals surface area contributed by atoms with Crippen molar-refractivity contribution in [2.24, 2.45) is 4.99 Å². The van der Waals surface area contributed by atoms with Gasteiger partial charge >= 0.3 is 0 Å². The van der Waals surface area contributed by atoms with Crippen molar-refractivity contribution in [3.8, 4) is 0 Å². The summed E-state index contributed by atoms with van der Waals surface area (Å²) in [5.41, 5.74) is 1.09. The topological polar surface area (TPSA) is 56.7 Å². The van der Waals surface area contributed by atoms with Gasteiger partial charge < -0.3 is 15.7 Å². The summed E-state index contributed by atoms with van der Waals surface area (Å²) in [5.74, 6) is 0.835. The van der Waals surface area contributed by atoms with Crippen LogP contribution in [0.2, 0.25) is 10.0 Å². The van der Waals surface area contributed by atoms with Gasteiger partial charge in [0.05, 0.1) is 6.10 Å². The monoisotopic (exact) mass is 357 g/mol. The van der Waals surface area contributed by atoms with E-state index in [2.05, 4.69) is 22.5 Å². The third-order valence-corrected chi connectivity index (χ3v) is 4.41. The van der Waals surface area contributed by atoms with E-state index in [1.165, 1.54) is 0 Å². The zero-order valence-electron chi connectivity index (χ0n) is 13.5. The Morgan fingerprint density at radius 2 is 1.83 bits per heavy atom. The van der Waals surface area contributed by atoms with Gasteiger partial charge in [-0.25, -0.2) is 0 Å². The minimum Gasteiger partial charge on any atom is -0.393 e. The number of benzene rings is 1. The molecule has 1 aromatic rings. The molecule has 1 saturated carbocycles. The standard InChI is InChI=1S/C17H25Cl2N3O/c1-2-20-17(22-15-3-5-16(23)6-4-15)21-8-7-12-9-13(18)11-14(19)10-12/h9-11,15-16,23H,2-8H2,1H3,(H2,20,21,22). The minimum absolute atomic E-state index is 0.139. The minimum atomic E-state index is -0.139. The number of hydrogen-bond acceptors (Lipinski definition) is 2. The molecular formula is C17H25Cl2N3O. The van der Waals surface area contributed by atoms with Gasteiger partial charge in [-0.15, -0.1) is 0 Å². The average Bonchev–Trinajstić information content (AvgIpc) is 2.49. The van der Waals surface area contributed by atoms with Crippen molar-refractivity contribution in [3.63, 3.8) is 0 Å². The van der Waals surface area contributed by atoms with Crippen LogP contribution in [0.3, 0.4) is 0 Å². The van der Waals surface area contributed by atoms with Crippen LogP contribution in [-0.4, -0.2) is 36.3 Å². The number of guanidine groups is 1. The highest BCUT2D eigenvalue weighted by molar-refractivity contribution is 6.34. The molecule has 0 unspecified atom stereocenters. The number of nitrogens with one attached hydrogen (secondary N) is 2. The number of halogens is 2. The predicted octanol–water partition coefficient (Wildman–Crippen LogP) is 3.39. The molecule has 0 aliphatic heterocycles. The molecule has 128 valence electrons. The summed E-state index contributed by atoms with van der Waals surface area (Å²) in [6, 6.07) is 5.97. The summed E-state index contributed by atoms with van der Waals surface area (Å²) in [6.45, 7) is 3.55. The Morgan fingerprint density at radius 3 is 2.43 bits per heavy atom. The van der Waals surface area contributed by atoms with Gasteiger partial charge in [0.1, 0.15) is 0 Å². The summed E-state index contributed by atoms with van der Waals surface area (Å²) >= 11 is 12.0. The van der Waals surface area contributed by atoms with Gasteiger partial charge in [0.15, 0.2) is 5.96 Å². The lowest BCUT2D eigenvalue weighted by Gasteiger charge is -2.27. The number of nitrogens with zero attached hydrogens (tertiary/aromatic N) is 1. The summed E-state index contributed by atoms with van der Waals surface area (Å²) < 4.78 is 0. The van der Waals surface area contributed by atoms with E-state index < -0.39 is 0 Å². The van der Waals surface area contributed by atoms with Crippen molar-refractivity contribution < 1.29 is 5.11 Å². The average molecular weight is 358 g/mol. The second kappa shape index (κ2) is 9.36. The normalized spacial score (nSPS) is 22.0. The molecule has 0 spiro atoms. The van der Waals surface area contributed by atoms with Crippen LogP contribution in [0.25, 0.3) is 0 Å². The molecule has 1 fully saturated rings. The second-order valence-corrected chi connectivity index (χ2v) is 6.81. The Labute approximate surface area is 148 Å². The molecule has 0 atom stereocenters. The van der Waals surface area contributed by atoms with Crippen molar-refractivity contribution in [2.45, 2.75) is 51.2 Å². The largest absolute Gasteiger partial charge is 0.393 e. The van der Waals surface area contributed by atoms with Crippen LogP contribution in [0.4, 0.5) is 0 Å². The van der Waals surface area contributed by atoms with E-state index in [-0.39, 0.29) is 6.10 Å². The van der Waals surface area contributed by atoms with E-state index in [4.69, 9.17) is 23.2 Å². The Hall–Kier alpha value is -0.970. The summed E-state index contributed by atoms with van der Waals surface area (Å²) in [6.07, 6.45) is 4.33. The Kier molecular flexibility index (Phi) is 7.47. The fourth-order valence-electron chi connectivity index (χ4n) is 2.79. The quantitative estimate of drug-likeness (QED) is 0.559. The Bertz CT molecular complexity index is 508. The highest BCUT2D eigenvalue weighted by Gasteiger charge is 2.19. The fraction of sp³-hybridized carbons (Fsp3) is 0.588. The van der Waals surface area contributed by atoms with Crippen molar-refractivity contribution in [3.05, 3.63) is 33.8 Å². The maximum Gasteiger partial charge on any atom is 0.191 e.